The Morgan fingerprint density at radius 1 is 1.12 bits per heavy atom. The lowest BCUT2D eigenvalue weighted by molar-refractivity contribution is -0.119. The van der Waals surface area contributed by atoms with Gasteiger partial charge in [-0.1, -0.05) is 42.0 Å². The molecule has 2 rings (SSSR count). The predicted octanol–water partition coefficient (Wildman–Crippen LogP) is 4.25. The molecule has 0 N–H and O–H groups in total. The van der Waals surface area contributed by atoms with E-state index in [4.69, 9.17) is 0 Å². The van der Waals surface area contributed by atoms with E-state index in [1.807, 2.05) is 6.07 Å². The SMILES string of the molecule is C/C1=C\CCCC(=O)C[C@@H](c2ccccc2)C1. The average Bonchev–Trinajstić information content (AvgIpc) is 2.42. The van der Waals surface area contributed by atoms with Crippen molar-refractivity contribution in [3.63, 3.8) is 0 Å². The molecular weight excluding hydrogens is 208 g/mol. The van der Waals surface area contributed by atoms with Crippen LogP contribution in [0, 0.1) is 0 Å². The molecule has 0 saturated carbocycles. The Morgan fingerprint density at radius 2 is 1.88 bits per heavy atom. The van der Waals surface area contributed by atoms with Crippen molar-refractivity contribution in [3.8, 4) is 0 Å². The van der Waals surface area contributed by atoms with Crippen LogP contribution in [-0.2, 0) is 4.79 Å². The van der Waals surface area contributed by atoms with E-state index in [1.165, 1.54) is 11.1 Å². The molecule has 1 nitrogen and oxygen atoms in total. The van der Waals surface area contributed by atoms with Crippen LogP contribution in [0.4, 0.5) is 0 Å². The zero-order valence-electron chi connectivity index (χ0n) is 10.5. The lowest BCUT2D eigenvalue weighted by atomic mass is 9.88. The molecule has 0 amide bonds. The van der Waals surface area contributed by atoms with Crippen LogP contribution in [0.2, 0.25) is 0 Å². The molecular formula is C16H20O. The Hall–Kier alpha value is -1.37. The molecule has 0 radical (unpaired) electrons. The fourth-order valence-corrected chi connectivity index (χ4v) is 2.53. The standard InChI is InChI=1S/C16H20O/c1-13-7-5-6-10-16(17)12-15(11-13)14-8-3-2-4-9-14/h2-4,7-9,15H,5-6,10-12H2,1H3/b13-7+/t15-/m0/s1. The Bertz CT molecular complexity index is 403. The molecule has 1 aliphatic rings. The summed E-state index contributed by atoms with van der Waals surface area (Å²) in [5.41, 5.74) is 2.73. The van der Waals surface area contributed by atoms with E-state index in [9.17, 15) is 4.79 Å². The van der Waals surface area contributed by atoms with E-state index in [0.717, 1.165) is 25.7 Å². The Balaban J connectivity index is 2.19. The molecule has 1 aliphatic carbocycles. The maximum absolute atomic E-state index is 11.9. The third kappa shape index (κ3) is 3.55. The first-order valence-electron chi connectivity index (χ1n) is 6.48. The molecule has 0 bridgehead atoms. The van der Waals surface area contributed by atoms with E-state index < -0.39 is 0 Å². The molecule has 90 valence electrons. The van der Waals surface area contributed by atoms with E-state index in [-0.39, 0.29) is 0 Å². The van der Waals surface area contributed by atoms with Crippen LogP contribution in [0.15, 0.2) is 42.0 Å². The predicted molar refractivity (Wildman–Crippen MR) is 71.0 cm³/mol. The Kier molecular flexibility index (Phi) is 4.13. The van der Waals surface area contributed by atoms with Crippen LogP contribution in [0.5, 0.6) is 0 Å². The Labute approximate surface area is 104 Å². The number of carbonyl (C=O) groups is 1. The van der Waals surface area contributed by atoms with Crippen molar-refractivity contribution >= 4 is 5.78 Å². The second-order valence-corrected chi connectivity index (χ2v) is 5.00. The number of Topliss-reactive ketones (excluding diaryl/α,β-unsaturated/α-hetero) is 1. The smallest absolute Gasteiger partial charge is 0.133 e. The van der Waals surface area contributed by atoms with Gasteiger partial charge in [0.15, 0.2) is 0 Å². The fraction of sp³-hybridized carbons (Fsp3) is 0.438. The van der Waals surface area contributed by atoms with E-state index in [1.54, 1.807) is 0 Å². The summed E-state index contributed by atoms with van der Waals surface area (Å²) in [6, 6.07) is 10.4. The molecule has 1 heteroatoms. The van der Waals surface area contributed by atoms with Gasteiger partial charge in [-0.3, -0.25) is 4.79 Å². The van der Waals surface area contributed by atoms with Crippen molar-refractivity contribution in [1.82, 2.24) is 0 Å². The zero-order chi connectivity index (χ0) is 12.1. The number of hydrogen-bond acceptors (Lipinski definition) is 1. The summed E-state index contributed by atoms with van der Waals surface area (Å²) in [5, 5.41) is 0. The molecule has 1 aromatic carbocycles. The molecule has 0 aromatic heterocycles. The number of hydrogen-bond donors (Lipinski definition) is 0. The van der Waals surface area contributed by atoms with Gasteiger partial charge in [0.2, 0.25) is 0 Å². The van der Waals surface area contributed by atoms with Gasteiger partial charge in [-0.05, 0) is 37.7 Å². The van der Waals surface area contributed by atoms with Crippen molar-refractivity contribution in [3.05, 3.63) is 47.5 Å². The molecule has 0 spiro atoms. The first-order valence-corrected chi connectivity index (χ1v) is 6.48. The summed E-state index contributed by atoms with van der Waals surface area (Å²) >= 11 is 0. The quantitative estimate of drug-likeness (QED) is 0.657. The van der Waals surface area contributed by atoms with Crippen LogP contribution >= 0.6 is 0 Å². The summed E-state index contributed by atoms with van der Waals surface area (Å²) in [4.78, 5) is 11.9. The van der Waals surface area contributed by atoms with Crippen molar-refractivity contribution < 1.29 is 4.79 Å². The molecule has 0 heterocycles. The number of benzene rings is 1. The van der Waals surface area contributed by atoms with Gasteiger partial charge in [0.25, 0.3) is 0 Å². The minimum Gasteiger partial charge on any atom is -0.300 e. The number of rotatable bonds is 1. The maximum Gasteiger partial charge on any atom is 0.133 e. The van der Waals surface area contributed by atoms with Crippen LogP contribution in [0.1, 0.15) is 50.5 Å². The average molecular weight is 228 g/mol. The molecule has 1 aromatic rings. The lowest BCUT2D eigenvalue weighted by Crippen LogP contribution is -2.07. The van der Waals surface area contributed by atoms with Crippen molar-refractivity contribution in [2.45, 2.75) is 44.9 Å². The topological polar surface area (TPSA) is 17.1 Å². The molecule has 1 atom stereocenters. The van der Waals surface area contributed by atoms with E-state index >= 15 is 0 Å². The van der Waals surface area contributed by atoms with Crippen molar-refractivity contribution in [2.75, 3.05) is 0 Å². The van der Waals surface area contributed by atoms with Gasteiger partial charge in [-0.25, -0.2) is 0 Å². The minimum atomic E-state index is 0.373. The third-order valence-electron chi connectivity index (χ3n) is 3.47. The molecule has 0 unspecified atom stereocenters. The minimum absolute atomic E-state index is 0.373. The van der Waals surface area contributed by atoms with Gasteiger partial charge in [0.1, 0.15) is 5.78 Å². The highest BCUT2D eigenvalue weighted by Crippen LogP contribution is 2.29. The fourth-order valence-electron chi connectivity index (χ4n) is 2.53. The monoisotopic (exact) mass is 228 g/mol. The van der Waals surface area contributed by atoms with Gasteiger partial charge >= 0.3 is 0 Å². The summed E-state index contributed by atoms with van der Waals surface area (Å²) in [6.45, 7) is 2.19. The summed E-state index contributed by atoms with van der Waals surface area (Å²) in [5.74, 6) is 0.792. The van der Waals surface area contributed by atoms with Crippen LogP contribution in [0.3, 0.4) is 0 Å². The van der Waals surface area contributed by atoms with Gasteiger partial charge in [0, 0.05) is 12.8 Å². The molecule has 0 fully saturated rings. The van der Waals surface area contributed by atoms with Gasteiger partial charge in [0.05, 0.1) is 0 Å². The maximum atomic E-state index is 11.9. The highest BCUT2D eigenvalue weighted by Gasteiger charge is 2.17. The third-order valence-corrected chi connectivity index (χ3v) is 3.47. The number of allylic oxidation sites excluding steroid dienone is 2. The highest BCUT2D eigenvalue weighted by atomic mass is 16.1. The lowest BCUT2D eigenvalue weighted by Gasteiger charge is -2.16. The molecule has 0 saturated heterocycles. The highest BCUT2D eigenvalue weighted by molar-refractivity contribution is 5.79. The normalized spacial score (nSPS) is 25.4. The molecule has 17 heavy (non-hydrogen) atoms. The summed E-state index contributed by atoms with van der Waals surface area (Å²) in [6.07, 6.45) is 6.84. The van der Waals surface area contributed by atoms with Gasteiger partial charge in [-0.15, -0.1) is 0 Å². The zero-order valence-corrected chi connectivity index (χ0v) is 10.5. The summed E-state index contributed by atoms with van der Waals surface area (Å²) in [7, 11) is 0. The molecule has 0 aliphatic heterocycles. The first-order chi connectivity index (χ1) is 8.25. The largest absolute Gasteiger partial charge is 0.300 e. The van der Waals surface area contributed by atoms with Crippen LogP contribution in [0.25, 0.3) is 0 Å². The van der Waals surface area contributed by atoms with Crippen molar-refractivity contribution in [2.24, 2.45) is 0 Å². The first kappa shape index (κ1) is 12.1. The Morgan fingerprint density at radius 3 is 2.65 bits per heavy atom. The van der Waals surface area contributed by atoms with Crippen LogP contribution in [-0.4, -0.2) is 5.78 Å². The van der Waals surface area contributed by atoms with Gasteiger partial charge < -0.3 is 0 Å². The number of ketones is 1. The van der Waals surface area contributed by atoms with E-state index in [0.29, 0.717) is 18.1 Å². The second kappa shape index (κ2) is 5.81. The number of carbonyl (C=O) groups excluding carboxylic acids is 1. The summed E-state index contributed by atoms with van der Waals surface area (Å²) < 4.78 is 0. The van der Waals surface area contributed by atoms with E-state index in [2.05, 4.69) is 37.3 Å². The van der Waals surface area contributed by atoms with Crippen LogP contribution < -0.4 is 0 Å². The van der Waals surface area contributed by atoms with Crippen molar-refractivity contribution in [1.29, 1.82) is 0 Å². The second-order valence-electron chi connectivity index (χ2n) is 5.00. The van der Waals surface area contributed by atoms with Gasteiger partial charge in [-0.2, -0.15) is 0 Å².